The lowest BCUT2D eigenvalue weighted by Gasteiger charge is -2.14. The van der Waals surface area contributed by atoms with Gasteiger partial charge in [0.2, 0.25) is 0 Å². The molecule has 1 N–H and O–H groups in total. The number of ether oxygens (including phenoxy) is 2. The maximum absolute atomic E-state index is 12.0. The second-order valence-corrected chi connectivity index (χ2v) is 4.03. The molecule has 1 aromatic rings. The fraction of sp³-hybridized carbons (Fsp3) is 0.538. The van der Waals surface area contributed by atoms with Crippen molar-refractivity contribution >= 4 is 11.9 Å². The normalized spacial score (nSPS) is 11.9. The van der Waals surface area contributed by atoms with Crippen molar-refractivity contribution in [2.24, 2.45) is 0 Å². The third-order valence-corrected chi connectivity index (χ3v) is 2.59. The molecule has 0 fully saturated rings. The van der Waals surface area contributed by atoms with E-state index in [1.54, 1.807) is 43.9 Å². The molecular weight excluding hydrogens is 248 g/mol. The van der Waals surface area contributed by atoms with Crippen LogP contribution in [0.2, 0.25) is 0 Å². The number of hydrogen-bond acceptors (Lipinski definition) is 4. The van der Waals surface area contributed by atoms with E-state index >= 15 is 0 Å². The van der Waals surface area contributed by atoms with Gasteiger partial charge in [-0.1, -0.05) is 0 Å². The average molecular weight is 268 g/mol. The smallest absolute Gasteiger partial charge is 0.328 e. The molecule has 0 saturated carbocycles. The van der Waals surface area contributed by atoms with Gasteiger partial charge in [0.05, 0.1) is 13.2 Å². The van der Waals surface area contributed by atoms with Gasteiger partial charge in [-0.15, -0.1) is 0 Å². The molecule has 0 saturated heterocycles. The van der Waals surface area contributed by atoms with E-state index in [9.17, 15) is 9.59 Å². The number of carbonyl (C=O) groups excluding carboxylic acids is 2. The molecule has 0 aromatic carbocycles. The number of hydrogen-bond donors (Lipinski definition) is 1. The van der Waals surface area contributed by atoms with Crippen LogP contribution in [-0.4, -0.2) is 42.8 Å². The largest absolute Gasteiger partial charge is 0.464 e. The summed E-state index contributed by atoms with van der Waals surface area (Å²) in [5.41, 5.74) is 0.494. The molecule has 0 radical (unpaired) electrons. The zero-order chi connectivity index (χ0) is 14.3. The van der Waals surface area contributed by atoms with Crippen LogP contribution in [0.1, 0.15) is 24.3 Å². The topological polar surface area (TPSA) is 69.6 Å². The molecule has 0 aliphatic carbocycles. The van der Waals surface area contributed by atoms with Gasteiger partial charge in [-0.2, -0.15) is 0 Å². The van der Waals surface area contributed by atoms with Gasteiger partial charge in [0.1, 0.15) is 11.7 Å². The first-order valence-electron chi connectivity index (χ1n) is 6.21. The molecule has 1 rings (SSSR count). The molecule has 0 bridgehead atoms. The van der Waals surface area contributed by atoms with Gasteiger partial charge in [0, 0.05) is 19.9 Å². The Kier molecular flexibility index (Phi) is 6.08. The molecule has 0 spiro atoms. The lowest BCUT2D eigenvalue weighted by atomic mass is 10.3. The summed E-state index contributed by atoms with van der Waals surface area (Å²) in [6, 6.07) is 2.81. The highest BCUT2D eigenvalue weighted by molar-refractivity contribution is 5.95. The highest BCUT2D eigenvalue weighted by atomic mass is 16.5. The first kappa shape index (κ1) is 15.2. The van der Waals surface area contributed by atoms with Crippen molar-refractivity contribution in [2.45, 2.75) is 26.4 Å². The molecular formula is C13H20N2O4. The third-order valence-electron chi connectivity index (χ3n) is 2.59. The van der Waals surface area contributed by atoms with E-state index in [-0.39, 0.29) is 5.91 Å². The van der Waals surface area contributed by atoms with Gasteiger partial charge in [-0.05, 0) is 26.0 Å². The Balaban J connectivity index is 2.62. The Labute approximate surface area is 112 Å². The summed E-state index contributed by atoms with van der Waals surface area (Å²) < 4.78 is 11.6. The summed E-state index contributed by atoms with van der Waals surface area (Å²) in [6.07, 6.45) is 1.79. The maximum Gasteiger partial charge on any atom is 0.328 e. The van der Waals surface area contributed by atoms with E-state index in [2.05, 4.69) is 5.32 Å². The van der Waals surface area contributed by atoms with Gasteiger partial charge < -0.3 is 19.4 Å². The van der Waals surface area contributed by atoms with Crippen LogP contribution >= 0.6 is 0 Å². The zero-order valence-corrected chi connectivity index (χ0v) is 11.5. The maximum atomic E-state index is 12.0. The predicted molar refractivity (Wildman–Crippen MR) is 69.9 cm³/mol. The number of methoxy groups -OCH3 is 1. The molecule has 1 unspecified atom stereocenters. The third kappa shape index (κ3) is 4.40. The lowest BCUT2D eigenvalue weighted by Crippen LogP contribution is -2.40. The fourth-order valence-corrected chi connectivity index (χ4v) is 1.60. The van der Waals surface area contributed by atoms with E-state index in [4.69, 9.17) is 9.47 Å². The number of aromatic nitrogens is 1. The Morgan fingerprint density at radius 2 is 2.21 bits per heavy atom. The van der Waals surface area contributed by atoms with Crippen molar-refractivity contribution in [1.29, 1.82) is 0 Å². The number of amides is 1. The molecule has 1 heterocycles. The average Bonchev–Trinajstić information content (AvgIpc) is 2.84. The molecule has 1 aromatic heterocycles. The van der Waals surface area contributed by atoms with E-state index in [1.807, 2.05) is 0 Å². The summed E-state index contributed by atoms with van der Waals surface area (Å²) >= 11 is 0. The summed E-state index contributed by atoms with van der Waals surface area (Å²) in [5, 5.41) is 2.61. The minimum atomic E-state index is -0.668. The molecule has 1 amide bonds. The fourth-order valence-electron chi connectivity index (χ4n) is 1.60. The minimum absolute atomic E-state index is 0.295. The van der Waals surface area contributed by atoms with Gasteiger partial charge in [0.25, 0.3) is 5.91 Å². The van der Waals surface area contributed by atoms with Crippen LogP contribution in [0.15, 0.2) is 18.3 Å². The Morgan fingerprint density at radius 1 is 1.47 bits per heavy atom. The molecule has 1 atom stereocenters. The van der Waals surface area contributed by atoms with Crippen molar-refractivity contribution in [3.05, 3.63) is 24.0 Å². The van der Waals surface area contributed by atoms with E-state index in [1.165, 1.54) is 0 Å². The van der Waals surface area contributed by atoms with E-state index < -0.39 is 12.0 Å². The molecule has 6 nitrogen and oxygen atoms in total. The SMILES string of the molecule is CCOC(=O)C(C)NC(=O)c1cccn1CCOC. The van der Waals surface area contributed by atoms with Crippen LogP contribution in [0.3, 0.4) is 0 Å². The number of esters is 1. The monoisotopic (exact) mass is 268 g/mol. The summed E-state index contributed by atoms with van der Waals surface area (Å²) in [4.78, 5) is 23.5. The van der Waals surface area contributed by atoms with E-state index in [0.717, 1.165) is 0 Å². The van der Waals surface area contributed by atoms with Crippen molar-refractivity contribution < 1.29 is 19.1 Å². The second kappa shape index (κ2) is 7.58. The molecule has 0 aliphatic rings. The van der Waals surface area contributed by atoms with Gasteiger partial charge in [0.15, 0.2) is 0 Å². The van der Waals surface area contributed by atoms with Crippen LogP contribution in [0, 0.1) is 0 Å². The first-order chi connectivity index (χ1) is 9.10. The Bertz CT molecular complexity index is 428. The van der Waals surface area contributed by atoms with Gasteiger partial charge in [-0.25, -0.2) is 4.79 Å². The van der Waals surface area contributed by atoms with Crippen LogP contribution in [0.4, 0.5) is 0 Å². The predicted octanol–water partition coefficient (Wildman–Crippen LogP) is 0.816. The molecule has 0 aliphatic heterocycles. The second-order valence-electron chi connectivity index (χ2n) is 4.03. The number of carbonyl (C=O) groups is 2. The summed E-state index contributed by atoms with van der Waals surface area (Å²) in [5.74, 6) is -0.743. The molecule has 6 heteroatoms. The van der Waals surface area contributed by atoms with Crippen molar-refractivity contribution in [3.63, 3.8) is 0 Å². The number of nitrogens with zero attached hydrogens (tertiary/aromatic N) is 1. The number of rotatable bonds is 7. The minimum Gasteiger partial charge on any atom is -0.464 e. The molecule has 19 heavy (non-hydrogen) atoms. The van der Waals surface area contributed by atoms with Gasteiger partial charge in [-0.3, -0.25) is 4.79 Å². The first-order valence-corrected chi connectivity index (χ1v) is 6.21. The van der Waals surface area contributed by atoms with Crippen molar-refractivity contribution in [3.8, 4) is 0 Å². The quantitative estimate of drug-likeness (QED) is 0.743. The highest BCUT2D eigenvalue weighted by Gasteiger charge is 2.19. The summed E-state index contributed by atoms with van der Waals surface area (Å²) in [7, 11) is 1.60. The van der Waals surface area contributed by atoms with Crippen LogP contribution < -0.4 is 5.32 Å². The van der Waals surface area contributed by atoms with Gasteiger partial charge >= 0.3 is 5.97 Å². The Morgan fingerprint density at radius 3 is 2.84 bits per heavy atom. The van der Waals surface area contributed by atoms with Crippen LogP contribution in [0.5, 0.6) is 0 Å². The van der Waals surface area contributed by atoms with Crippen molar-refractivity contribution in [1.82, 2.24) is 9.88 Å². The standard InChI is InChI=1S/C13H20N2O4/c1-4-19-13(17)10(2)14-12(16)11-6-5-7-15(11)8-9-18-3/h5-7,10H,4,8-9H2,1-3H3,(H,14,16). The molecule has 106 valence electrons. The van der Waals surface area contributed by atoms with Crippen LogP contribution in [0.25, 0.3) is 0 Å². The highest BCUT2D eigenvalue weighted by Crippen LogP contribution is 2.03. The zero-order valence-electron chi connectivity index (χ0n) is 11.5. The Hall–Kier alpha value is -1.82. The van der Waals surface area contributed by atoms with Crippen molar-refractivity contribution in [2.75, 3.05) is 20.3 Å². The lowest BCUT2D eigenvalue weighted by molar-refractivity contribution is -0.144. The summed E-state index contributed by atoms with van der Waals surface area (Å²) in [6.45, 7) is 4.71. The number of nitrogens with one attached hydrogen (secondary N) is 1. The van der Waals surface area contributed by atoms with E-state index in [0.29, 0.717) is 25.5 Å². The van der Waals surface area contributed by atoms with Crippen LogP contribution in [-0.2, 0) is 20.8 Å².